The molecule has 1 aliphatic heterocycles. The van der Waals surface area contributed by atoms with Crippen molar-refractivity contribution in [2.75, 3.05) is 13.7 Å². The first-order chi connectivity index (χ1) is 8.45. The van der Waals surface area contributed by atoms with Crippen LogP contribution in [0.25, 0.3) is 0 Å². The predicted molar refractivity (Wildman–Crippen MR) is 67.0 cm³/mol. The lowest BCUT2D eigenvalue weighted by atomic mass is 10.0. The molecule has 0 aromatic heterocycles. The van der Waals surface area contributed by atoms with E-state index in [9.17, 15) is 9.59 Å². The second-order valence-electron chi connectivity index (χ2n) is 5.69. The smallest absolute Gasteiger partial charge is 0.248 e. The minimum absolute atomic E-state index is 0.00213. The molecule has 1 heterocycles. The van der Waals surface area contributed by atoms with Crippen molar-refractivity contribution in [3.05, 3.63) is 0 Å². The van der Waals surface area contributed by atoms with E-state index in [1.807, 2.05) is 4.90 Å². The van der Waals surface area contributed by atoms with Crippen LogP contribution in [0.2, 0.25) is 0 Å². The summed E-state index contributed by atoms with van der Waals surface area (Å²) in [6.45, 7) is 4.03. The fourth-order valence-electron chi connectivity index (χ4n) is 3.00. The molecule has 2 rings (SSSR count). The highest BCUT2D eigenvalue weighted by Crippen LogP contribution is 2.29. The first-order valence-corrected chi connectivity index (χ1v) is 6.60. The molecule has 0 aromatic rings. The Bertz CT molecular complexity index is 354. The number of nitrogens with zero attached hydrogens (tertiary/aromatic N) is 1. The second kappa shape index (κ2) is 4.88. The van der Waals surface area contributed by atoms with Crippen LogP contribution < -0.4 is 5.32 Å². The number of nitrogens with one attached hydrogen (secondary N) is 1. The lowest BCUT2D eigenvalue weighted by Crippen LogP contribution is -2.56. The van der Waals surface area contributed by atoms with Crippen LogP contribution in [-0.2, 0) is 14.3 Å². The van der Waals surface area contributed by atoms with Gasteiger partial charge in [-0.2, -0.15) is 0 Å². The van der Waals surface area contributed by atoms with E-state index < -0.39 is 5.54 Å². The zero-order chi connectivity index (χ0) is 13.3. The van der Waals surface area contributed by atoms with Crippen LogP contribution in [0.4, 0.5) is 0 Å². The van der Waals surface area contributed by atoms with Crippen molar-refractivity contribution in [2.45, 2.75) is 57.2 Å². The summed E-state index contributed by atoms with van der Waals surface area (Å²) >= 11 is 0. The number of hydrogen-bond donors (Lipinski definition) is 1. The highest BCUT2D eigenvalue weighted by atomic mass is 16.5. The molecule has 2 amide bonds. The standard InChI is InChI=1S/C13H22N2O3/c1-13(2)12(17)15(8-7-11(16)14-13)9-5-4-6-10(9)18-3/h9-10H,4-8H2,1-3H3,(H,14,16). The van der Waals surface area contributed by atoms with E-state index in [2.05, 4.69) is 5.32 Å². The molecule has 5 heteroatoms. The van der Waals surface area contributed by atoms with Gasteiger partial charge in [0.2, 0.25) is 11.8 Å². The Balaban J connectivity index is 2.20. The van der Waals surface area contributed by atoms with Crippen molar-refractivity contribution in [3.8, 4) is 0 Å². The Hall–Kier alpha value is -1.10. The van der Waals surface area contributed by atoms with Gasteiger partial charge in [-0.25, -0.2) is 0 Å². The monoisotopic (exact) mass is 254 g/mol. The Morgan fingerprint density at radius 1 is 1.33 bits per heavy atom. The Morgan fingerprint density at radius 2 is 2.06 bits per heavy atom. The van der Waals surface area contributed by atoms with Crippen LogP contribution >= 0.6 is 0 Å². The number of methoxy groups -OCH3 is 1. The van der Waals surface area contributed by atoms with Crippen LogP contribution in [0, 0.1) is 0 Å². The van der Waals surface area contributed by atoms with Gasteiger partial charge in [-0.15, -0.1) is 0 Å². The number of carbonyl (C=O) groups excluding carboxylic acids is 2. The average Bonchev–Trinajstić information content (AvgIpc) is 2.72. The molecule has 0 radical (unpaired) electrons. The summed E-state index contributed by atoms with van der Waals surface area (Å²) in [4.78, 5) is 26.0. The second-order valence-corrected chi connectivity index (χ2v) is 5.69. The molecule has 0 aromatic carbocycles. The summed E-state index contributed by atoms with van der Waals surface area (Å²) < 4.78 is 5.46. The van der Waals surface area contributed by atoms with Crippen molar-refractivity contribution >= 4 is 11.8 Å². The van der Waals surface area contributed by atoms with Gasteiger partial charge in [0, 0.05) is 20.1 Å². The van der Waals surface area contributed by atoms with E-state index in [0.29, 0.717) is 13.0 Å². The highest BCUT2D eigenvalue weighted by molar-refractivity contribution is 5.93. The van der Waals surface area contributed by atoms with Gasteiger partial charge in [-0.1, -0.05) is 0 Å². The van der Waals surface area contributed by atoms with Crippen LogP contribution in [0.15, 0.2) is 0 Å². The molecule has 0 spiro atoms. The van der Waals surface area contributed by atoms with Crippen molar-refractivity contribution in [1.29, 1.82) is 0 Å². The summed E-state index contributed by atoms with van der Waals surface area (Å²) in [5.41, 5.74) is -0.811. The molecule has 5 nitrogen and oxygen atoms in total. The van der Waals surface area contributed by atoms with Crippen LogP contribution in [0.5, 0.6) is 0 Å². The van der Waals surface area contributed by atoms with Gasteiger partial charge >= 0.3 is 0 Å². The summed E-state index contributed by atoms with van der Waals surface area (Å²) in [7, 11) is 1.69. The maximum Gasteiger partial charge on any atom is 0.248 e. The number of hydrogen-bond acceptors (Lipinski definition) is 3. The zero-order valence-electron chi connectivity index (χ0n) is 11.4. The normalized spacial score (nSPS) is 32.3. The van der Waals surface area contributed by atoms with Crippen molar-refractivity contribution in [1.82, 2.24) is 10.2 Å². The zero-order valence-corrected chi connectivity index (χ0v) is 11.4. The first-order valence-electron chi connectivity index (χ1n) is 6.60. The van der Waals surface area contributed by atoms with E-state index in [4.69, 9.17) is 4.74 Å². The van der Waals surface area contributed by atoms with Crippen LogP contribution in [-0.4, -0.2) is 48.1 Å². The predicted octanol–water partition coefficient (Wildman–Crippen LogP) is 0.681. The molecule has 102 valence electrons. The summed E-state index contributed by atoms with van der Waals surface area (Å²) in [6.07, 6.45) is 3.52. The molecule has 2 aliphatic rings. The molecule has 18 heavy (non-hydrogen) atoms. The van der Waals surface area contributed by atoms with E-state index in [-0.39, 0.29) is 24.0 Å². The van der Waals surface area contributed by atoms with Gasteiger partial charge < -0.3 is 15.0 Å². The Labute approximate surface area is 108 Å². The van der Waals surface area contributed by atoms with E-state index >= 15 is 0 Å². The Kier molecular flexibility index (Phi) is 3.61. The molecule has 1 saturated carbocycles. The first kappa shape index (κ1) is 13.3. The molecule has 2 atom stereocenters. The minimum Gasteiger partial charge on any atom is -0.379 e. The van der Waals surface area contributed by atoms with Crippen LogP contribution in [0.3, 0.4) is 0 Å². The molecular weight excluding hydrogens is 232 g/mol. The van der Waals surface area contributed by atoms with Gasteiger partial charge in [0.05, 0.1) is 12.1 Å². The number of carbonyl (C=O) groups is 2. The maximum absolute atomic E-state index is 12.5. The molecule has 1 aliphatic carbocycles. The largest absolute Gasteiger partial charge is 0.379 e. The summed E-state index contributed by atoms with van der Waals surface area (Å²) in [6, 6.07) is 0.120. The molecule has 0 bridgehead atoms. The lowest BCUT2D eigenvalue weighted by Gasteiger charge is -2.35. The molecule has 2 unspecified atom stereocenters. The fraction of sp³-hybridized carbons (Fsp3) is 0.846. The van der Waals surface area contributed by atoms with Gasteiger partial charge in [-0.05, 0) is 33.1 Å². The SMILES string of the molecule is COC1CCCC1N1CCC(=O)NC(C)(C)C1=O. The van der Waals surface area contributed by atoms with Crippen molar-refractivity contribution in [2.24, 2.45) is 0 Å². The van der Waals surface area contributed by atoms with Gasteiger partial charge in [0.1, 0.15) is 5.54 Å². The summed E-state index contributed by atoms with van der Waals surface area (Å²) in [5.74, 6) is -0.0508. The van der Waals surface area contributed by atoms with Gasteiger partial charge in [-0.3, -0.25) is 9.59 Å². The molecule has 2 fully saturated rings. The third-order valence-corrected chi connectivity index (χ3v) is 3.95. The maximum atomic E-state index is 12.5. The molecule has 1 N–H and O–H groups in total. The Morgan fingerprint density at radius 3 is 2.72 bits per heavy atom. The fourth-order valence-corrected chi connectivity index (χ4v) is 3.00. The topological polar surface area (TPSA) is 58.6 Å². The molecule has 1 saturated heterocycles. The minimum atomic E-state index is -0.811. The number of ether oxygens (including phenoxy) is 1. The lowest BCUT2D eigenvalue weighted by molar-refractivity contribution is -0.141. The third-order valence-electron chi connectivity index (χ3n) is 3.95. The third kappa shape index (κ3) is 2.36. The summed E-state index contributed by atoms with van der Waals surface area (Å²) in [5, 5.41) is 2.78. The highest BCUT2D eigenvalue weighted by Gasteiger charge is 2.42. The van der Waals surface area contributed by atoms with E-state index in [0.717, 1.165) is 19.3 Å². The quantitative estimate of drug-likeness (QED) is 0.788. The van der Waals surface area contributed by atoms with Crippen molar-refractivity contribution < 1.29 is 14.3 Å². The number of amides is 2. The van der Waals surface area contributed by atoms with Gasteiger partial charge in [0.25, 0.3) is 0 Å². The number of rotatable bonds is 2. The van der Waals surface area contributed by atoms with E-state index in [1.54, 1.807) is 21.0 Å². The average molecular weight is 254 g/mol. The van der Waals surface area contributed by atoms with Crippen LogP contribution in [0.1, 0.15) is 39.5 Å². The van der Waals surface area contributed by atoms with Gasteiger partial charge in [0.15, 0.2) is 0 Å². The molecular formula is C13H22N2O3. The van der Waals surface area contributed by atoms with E-state index in [1.165, 1.54) is 0 Å². The van der Waals surface area contributed by atoms with Crippen molar-refractivity contribution in [3.63, 3.8) is 0 Å².